The summed E-state index contributed by atoms with van der Waals surface area (Å²) in [4.78, 5) is 22.5. The van der Waals surface area contributed by atoms with E-state index in [1.807, 2.05) is 0 Å². The van der Waals surface area contributed by atoms with E-state index in [1.165, 1.54) is 0 Å². The number of benzene rings is 1. The molecular formula is C16H20N4O4. The molecule has 0 bridgehead atoms. The average Bonchev–Trinajstić information content (AvgIpc) is 3.05. The SMILES string of the molecule is CCOC(=O)CCCCOc1cccc(-c2n[nH]nc2C(N)=O)c1. The van der Waals surface area contributed by atoms with Gasteiger partial charge in [0.1, 0.15) is 11.4 Å². The Morgan fingerprint density at radius 2 is 2.08 bits per heavy atom. The van der Waals surface area contributed by atoms with E-state index in [2.05, 4.69) is 15.4 Å². The van der Waals surface area contributed by atoms with Gasteiger partial charge in [-0.2, -0.15) is 15.4 Å². The molecule has 24 heavy (non-hydrogen) atoms. The zero-order valence-corrected chi connectivity index (χ0v) is 13.4. The fourth-order valence-corrected chi connectivity index (χ4v) is 2.13. The van der Waals surface area contributed by atoms with Crippen LogP contribution in [0.2, 0.25) is 0 Å². The number of unbranched alkanes of at least 4 members (excludes halogenated alkanes) is 1. The summed E-state index contributed by atoms with van der Waals surface area (Å²) in [5.41, 5.74) is 6.41. The summed E-state index contributed by atoms with van der Waals surface area (Å²) in [7, 11) is 0. The molecule has 0 saturated heterocycles. The lowest BCUT2D eigenvalue weighted by Gasteiger charge is -2.07. The minimum absolute atomic E-state index is 0.0848. The van der Waals surface area contributed by atoms with Gasteiger partial charge in [0.25, 0.3) is 5.91 Å². The van der Waals surface area contributed by atoms with E-state index in [1.54, 1.807) is 31.2 Å². The molecule has 0 aliphatic rings. The Morgan fingerprint density at radius 3 is 2.83 bits per heavy atom. The topological polar surface area (TPSA) is 120 Å². The van der Waals surface area contributed by atoms with Crippen molar-refractivity contribution in [3.63, 3.8) is 0 Å². The van der Waals surface area contributed by atoms with Gasteiger partial charge in [0.15, 0.2) is 5.69 Å². The second-order valence-corrected chi connectivity index (χ2v) is 5.02. The van der Waals surface area contributed by atoms with Gasteiger partial charge in [0, 0.05) is 12.0 Å². The quantitative estimate of drug-likeness (QED) is 0.532. The first-order valence-electron chi connectivity index (χ1n) is 7.71. The predicted octanol–water partition coefficient (Wildman–Crippen LogP) is 1.68. The van der Waals surface area contributed by atoms with Crippen LogP contribution in [0.4, 0.5) is 0 Å². The zero-order chi connectivity index (χ0) is 17.4. The van der Waals surface area contributed by atoms with Gasteiger partial charge in [-0.25, -0.2) is 0 Å². The van der Waals surface area contributed by atoms with Crippen LogP contribution in [0.1, 0.15) is 36.7 Å². The van der Waals surface area contributed by atoms with Crippen LogP contribution in [-0.4, -0.2) is 40.5 Å². The van der Waals surface area contributed by atoms with Crippen molar-refractivity contribution in [2.45, 2.75) is 26.2 Å². The van der Waals surface area contributed by atoms with Crippen LogP contribution in [-0.2, 0) is 9.53 Å². The summed E-state index contributed by atoms with van der Waals surface area (Å²) in [6.07, 6.45) is 1.82. The molecule has 8 heteroatoms. The molecule has 0 atom stereocenters. The van der Waals surface area contributed by atoms with Crippen molar-refractivity contribution in [2.75, 3.05) is 13.2 Å². The van der Waals surface area contributed by atoms with Gasteiger partial charge < -0.3 is 15.2 Å². The standard InChI is InChI=1S/C16H20N4O4/c1-2-23-13(21)8-3-4-9-24-12-7-5-6-11(10-12)14-15(16(17)22)19-20-18-14/h5-7,10H,2-4,8-9H2,1H3,(H2,17,22)(H,18,19,20). The molecule has 128 valence electrons. The van der Waals surface area contributed by atoms with Crippen molar-refractivity contribution in [3.05, 3.63) is 30.0 Å². The maximum absolute atomic E-state index is 11.3. The second kappa shape index (κ2) is 8.66. The number of hydrogen-bond acceptors (Lipinski definition) is 6. The Balaban J connectivity index is 1.88. The van der Waals surface area contributed by atoms with Gasteiger partial charge in [-0.1, -0.05) is 12.1 Å². The molecule has 0 unspecified atom stereocenters. The number of H-pyrrole nitrogens is 1. The first kappa shape index (κ1) is 17.5. The summed E-state index contributed by atoms with van der Waals surface area (Å²) >= 11 is 0. The van der Waals surface area contributed by atoms with Crippen molar-refractivity contribution < 1.29 is 19.1 Å². The zero-order valence-electron chi connectivity index (χ0n) is 13.4. The van der Waals surface area contributed by atoms with Crippen LogP contribution in [0.25, 0.3) is 11.3 Å². The van der Waals surface area contributed by atoms with E-state index in [0.29, 0.717) is 43.1 Å². The highest BCUT2D eigenvalue weighted by atomic mass is 16.5. The molecule has 0 spiro atoms. The fraction of sp³-hybridized carbons (Fsp3) is 0.375. The first-order chi connectivity index (χ1) is 11.6. The normalized spacial score (nSPS) is 10.4. The third kappa shape index (κ3) is 4.80. The summed E-state index contributed by atoms with van der Waals surface area (Å²) < 4.78 is 10.5. The molecule has 0 aliphatic carbocycles. The van der Waals surface area contributed by atoms with E-state index < -0.39 is 5.91 Å². The van der Waals surface area contributed by atoms with Crippen molar-refractivity contribution in [1.82, 2.24) is 15.4 Å². The highest BCUT2D eigenvalue weighted by Gasteiger charge is 2.15. The Labute approximate surface area is 139 Å². The summed E-state index contributed by atoms with van der Waals surface area (Å²) in [5, 5.41) is 10.1. The van der Waals surface area contributed by atoms with Crippen molar-refractivity contribution >= 4 is 11.9 Å². The molecule has 3 N–H and O–H groups in total. The van der Waals surface area contributed by atoms with Gasteiger partial charge in [0.2, 0.25) is 0 Å². The Morgan fingerprint density at radius 1 is 1.25 bits per heavy atom. The third-order valence-electron chi connectivity index (χ3n) is 3.24. The first-order valence-corrected chi connectivity index (χ1v) is 7.71. The number of primary amides is 1. The van der Waals surface area contributed by atoms with Crippen LogP contribution in [0.3, 0.4) is 0 Å². The minimum atomic E-state index is -0.649. The lowest BCUT2D eigenvalue weighted by Crippen LogP contribution is -2.12. The van der Waals surface area contributed by atoms with Crippen LogP contribution in [0.5, 0.6) is 5.75 Å². The number of ether oxygens (including phenoxy) is 2. The van der Waals surface area contributed by atoms with Crippen LogP contribution in [0.15, 0.2) is 24.3 Å². The lowest BCUT2D eigenvalue weighted by molar-refractivity contribution is -0.143. The molecular weight excluding hydrogens is 312 g/mol. The smallest absolute Gasteiger partial charge is 0.305 e. The molecule has 1 aromatic heterocycles. The van der Waals surface area contributed by atoms with E-state index >= 15 is 0 Å². The van der Waals surface area contributed by atoms with Gasteiger partial charge in [-0.05, 0) is 31.9 Å². The van der Waals surface area contributed by atoms with Crippen LogP contribution in [0, 0.1) is 0 Å². The minimum Gasteiger partial charge on any atom is -0.494 e. The number of nitrogens with zero attached hydrogens (tertiary/aromatic N) is 2. The molecule has 0 fully saturated rings. The van der Waals surface area contributed by atoms with Gasteiger partial charge in [0.05, 0.1) is 13.2 Å². The average molecular weight is 332 g/mol. The van der Waals surface area contributed by atoms with E-state index in [4.69, 9.17) is 15.2 Å². The Kier molecular flexibility index (Phi) is 6.30. The van der Waals surface area contributed by atoms with Crippen LogP contribution < -0.4 is 10.5 Å². The molecule has 1 amide bonds. The van der Waals surface area contributed by atoms with E-state index in [9.17, 15) is 9.59 Å². The molecule has 2 aromatic rings. The number of aromatic nitrogens is 3. The van der Waals surface area contributed by atoms with Gasteiger partial charge in [-0.3, -0.25) is 9.59 Å². The number of carbonyl (C=O) groups is 2. The Bertz CT molecular complexity index is 699. The highest BCUT2D eigenvalue weighted by molar-refractivity contribution is 5.96. The number of amides is 1. The lowest BCUT2D eigenvalue weighted by atomic mass is 10.1. The van der Waals surface area contributed by atoms with E-state index in [-0.39, 0.29) is 11.7 Å². The summed E-state index contributed by atoms with van der Waals surface area (Å²) in [6.45, 7) is 2.66. The number of nitrogens with two attached hydrogens (primary N) is 1. The third-order valence-corrected chi connectivity index (χ3v) is 3.24. The number of hydrogen-bond donors (Lipinski definition) is 2. The molecule has 0 radical (unpaired) electrons. The molecule has 2 rings (SSSR count). The number of esters is 1. The number of nitrogens with one attached hydrogen (secondary N) is 1. The maximum Gasteiger partial charge on any atom is 0.305 e. The molecule has 0 saturated carbocycles. The Hall–Kier alpha value is -2.90. The summed E-state index contributed by atoms with van der Waals surface area (Å²) in [5.74, 6) is -0.199. The van der Waals surface area contributed by atoms with Crippen molar-refractivity contribution in [3.8, 4) is 17.0 Å². The van der Waals surface area contributed by atoms with Crippen LogP contribution >= 0.6 is 0 Å². The molecule has 1 aromatic carbocycles. The molecule has 8 nitrogen and oxygen atoms in total. The number of rotatable bonds is 9. The highest BCUT2D eigenvalue weighted by Crippen LogP contribution is 2.24. The van der Waals surface area contributed by atoms with E-state index in [0.717, 1.165) is 6.42 Å². The second-order valence-electron chi connectivity index (χ2n) is 5.02. The predicted molar refractivity (Wildman–Crippen MR) is 86.3 cm³/mol. The molecule has 0 aliphatic heterocycles. The monoisotopic (exact) mass is 332 g/mol. The molecule has 1 heterocycles. The number of carbonyl (C=O) groups excluding carboxylic acids is 2. The van der Waals surface area contributed by atoms with Crippen molar-refractivity contribution in [2.24, 2.45) is 5.73 Å². The number of aromatic amines is 1. The van der Waals surface area contributed by atoms with Crippen molar-refractivity contribution in [1.29, 1.82) is 0 Å². The van der Waals surface area contributed by atoms with Gasteiger partial charge >= 0.3 is 5.97 Å². The largest absolute Gasteiger partial charge is 0.494 e. The fourth-order valence-electron chi connectivity index (χ4n) is 2.13. The van der Waals surface area contributed by atoms with Gasteiger partial charge in [-0.15, -0.1) is 0 Å². The maximum atomic E-state index is 11.3. The summed E-state index contributed by atoms with van der Waals surface area (Å²) in [6, 6.07) is 7.15.